The van der Waals surface area contributed by atoms with E-state index >= 15 is 0 Å². The van der Waals surface area contributed by atoms with Crippen molar-refractivity contribution in [3.63, 3.8) is 0 Å². The maximum Gasteiger partial charge on any atom is 0.256 e. The van der Waals surface area contributed by atoms with Gasteiger partial charge in [0.2, 0.25) is 0 Å². The summed E-state index contributed by atoms with van der Waals surface area (Å²) in [4.78, 5) is 19.9. The fourth-order valence-corrected chi connectivity index (χ4v) is 3.40. The summed E-state index contributed by atoms with van der Waals surface area (Å²) >= 11 is 17.0. The smallest absolute Gasteiger partial charge is 0.256 e. The first-order valence-electron chi connectivity index (χ1n) is 6.53. The second-order valence-corrected chi connectivity index (χ2v) is 6.38. The lowest BCUT2D eigenvalue weighted by Crippen LogP contribution is -2.35. The summed E-state index contributed by atoms with van der Waals surface area (Å²) in [6.07, 6.45) is 0.775. The first-order chi connectivity index (χ1) is 10.0. The highest BCUT2D eigenvalue weighted by Crippen LogP contribution is 2.22. The van der Waals surface area contributed by atoms with E-state index in [0.29, 0.717) is 27.9 Å². The van der Waals surface area contributed by atoms with Crippen molar-refractivity contribution in [2.24, 2.45) is 0 Å². The van der Waals surface area contributed by atoms with E-state index in [1.807, 2.05) is 12.1 Å². The highest BCUT2D eigenvalue weighted by molar-refractivity contribution is 7.71. The number of halogens is 2. The quantitative estimate of drug-likeness (QED) is 0.824. The van der Waals surface area contributed by atoms with Gasteiger partial charge in [-0.25, -0.2) is 0 Å². The molecule has 4 nitrogen and oxygen atoms in total. The number of H-pyrrole nitrogens is 2. The predicted octanol–water partition coefficient (Wildman–Crippen LogP) is 3.30. The number of rotatable bonds is 2. The van der Waals surface area contributed by atoms with Gasteiger partial charge in [0.1, 0.15) is 0 Å². The lowest BCUT2D eigenvalue weighted by Gasteiger charge is -2.27. The molecule has 2 aromatic rings. The topological polar surface area (TPSA) is 51.9 Å². The van der Waals surface area contributed by atoms with Gasteiger partial charge in [-0.3, -0.25) is 14.7 Å². The number of hydrogen-bond donors (Lipinski definition) is 2. The molecular formula is C14H13Cl2N3OS. The molecule has 3 rings (SSSR count). The molecule has 0 amide bonds. The Labute approximate surface area is 136 Å². The highest BCUT2D eigenvalue weighted by atomic mass is 35.5. The van der Waals surface area contributed by atoms with Crippen molar-refractivity contribution in [3.05, 3.63) is 60.2 Å². The fourth-order valence-electron chi connectivity index (χ4n) is 2.61. The van der Waals surface area contributed by atoms with Crippen LogP contribution >= 0.6 is 35.4 Å². The third-order valence-electron chi connectivity index (χ3n) is 3.52. The summed E-state index contributed by atoms with van der Waals surface area (Å²) in [5.41, 5.74) is 2.62. The standard InChI is InChI=1S/C14H13Cl2N3OS/c15-9-3-8(4-10(16)5-9)6-19-2-1-12-11(7-19)13(20)18-14(21)17-12/h3-5H,1-2,6-7H2,(H2,17,18,20,21). The zero-order chi connectivity index (χ0) is 15.0. The van der Waals surface area contributed by atoms with E-state index in [1.54, 1.807) is 6.07 Å². The van der Waals surface area contributed by atoms with Crippen LogP contribution < -0.4 is 5.56 Å². The monoisotopic (exact) mass is 341 g/mol. The lowest BCUT2D eigenvalue weighted by atomic mass is 10.1. The summed E-state index contributed by atoms with van der Waals surface area (Å²) in [6.45, 7) is 2.14. The molecule has 0 unspecified atom stereocenters. The van der Waals surface area contributed by atoms with Crippen LogP contribution in [0.4, 0.5) is 0 Å². The second-order valence-electron chi connectivity index (χ2n) is 5.10. The zero-order valence-corrected chi connectivity index (χ0v) is 13.4. The number of nitrogens with zero attached hydrogens (tertiary/aromatic N) is 1. The van der Waals surface area contributed by atoms with Gasteiger partial charge in [0.15, 0.2) is 4.77 Å². The molecule has 2 N–H and O–H groups in total. The molecule has 0 saturated heterocycles. The van der Waals surface area contributed by atoms with Gasteiger partial charge >= 0.3 is 0 Å². The van der Waals surface area contributed by atoms with Crippen LogP contribution in [0.1, 0.15) is 16.8 Å². The van der Waals surface area contributed by atoms with Gasteiger partial charge in [0.25, 0.3) is 5.56 Å². The molecule has 0 bridgehead atoms. The molecule has 2 heterocycles. The number of fused-ring (bicyclic) bond motifs is 1. The van der Waals surface area contributed by atoms with E-state index in [2.05, 4.69) is 14.9 Å². The van der Waals surface area contributed by atoms with Crippen molar-refractivity contribution in [3.8, 4) is 0 Å². The average molecular weight is 342 g/mol. The molecule has 7 heteroatoms. The Balaban J connectivity index is 1.83. The average Bonchev–Trinajstić information content (AvgIpc) is 2.38. The number of benzene rings is 1. The van der Waals surface area contributed by atoms with Crippen LogP contribution in [0.2, 0.25) is 10.0 Å². The maximum atomic E-state index is 12.0. The molecule has 0 spiro atoms. The SMILES string of the molecule is O=c1[nH]c(=S)[nH]c2c1CN(Cc1cc(Cl)cc(Cl)c1)CC2. The number of hydrogen-bond acceptors (Lipinski definition) is 3. The van der Waals surface area contributed by atoms with E-state index in [9.17, 15) is 4.79 Å². The summed E-state index contributed by atoms with van der Waals surface area (Å²) in [7, 11) is 0. The summed E-state index contributed by atoms with van der Waals surface area (Å²) in [5, 5.41) is 1.24. The van der Waals surface area contributed by atoms with Gasteiger partial charge in [-0.1, -0.05) is 23.2 Å². The molecular weight excluding hydrogens is 329 g/mol. The Morgan fingerprint density at radius 2 is 1.90 bits per heavy atom. The van der Waals surface area contributed by atoms with Crippen LogP contribution in [-0.2, 0) is 19.5 Å². The van der Waals surface area contributed by atoms with Crippen molar-refractivity contribution < 1.29 is 0 Å². The zero-order valence-electron chi connectivity index (χ0n) is 11.1. The minimum Gasteiger partial charge on any atom is -0.335 e. The minimum absolute atomic E-state index is 0.109. The Kier molecular flexibility index (Phi) is 4.17. The van der Waals surface area contributed by atoms with Crippen molar-refractivity contribution in [1.29, 1.82) is 0 Å². The normalized spacial score (nSPS) is 15.0. The first kappa shape index (κ1) is 14.8. The first-order valence-corrected chi connectivity index (χ1v) is 7.69. The lowest BCUT2D eigenvalue weighted by molar-refractivity contribution is 0.241. The number of aromatic amines is 2. The molecule has 21 heavy (non-hydrogen) atoms. The fraction of sp³-hybridized carbons (Fsp3) is 0.286. The largest absolute Gasteiger partial charge is 0.335 e. The summed E-state index contributed by atoms with van der Waals surface area (Å²) < 4.78 is 0.383. The second kappa shape index (κ2) is 5.93. The molecule has 1 aliphatic rings. The van der Waals surface area contributed by atoms with Gasteiger partial charge in [-0.05, 0) is 36.0 Å². The third kappa shape index (κ3) is 3.37. The molecule has 1 aromatic carbocycles. The van der Waals surface area contributed by atoms with E-state index in [-0.39, 0.29) is 5.56 Å². The van der Waals surface area contributed by atoms with E-state index in [0.717, 1.165) is 29.8 Å². The van der Waals surface area contributed by atoms with Crippen LogP contribution in [-0.4, -0.2) is 21.4 Å². The molecule has 1 aliphatic heterocycles. The van der Waals surface area contributed by atoms with Crippen molar-refractivity contribution >= 4 is 35.4 Å². The molecule has 0 radical (unpaired) electrons. The molecule has 0 aliphatic carbocycles. The van der Waals surface area contributed by atoms with Gasteiger partial charge in [-0.2, -0.15) is 0 Å². The van der Waals surface area contributed by atoms with Crippen molar-refractivity contribution in [2.75, 3.05) is 6.54 Å². The van der Waals surface area contributed by atoms with Crippen LogP contribution in [0, 0.1) is 4.77 Å². The summed E-state index contributed by atoms with van der Waals surface area (Å²) in [6, 6.07) is 5.50. The summed E-state index contributed by atoms with van der Waals surface area (Å²) in [5.74, 6) is 0. The predicted molar refractivity (Wildman–Crippen MR) is 86.5 cm³/mol. The molecule has 0 atom stereocenters. The Hall–Kier alpha value is -1.14. The van der Waals surface area contributed by atoms with Crippen LogP contribution in [0.5, 0.6) is 0 Å². The molecule has 1 aromatic heterocycles. The molecule has 110 valence electrons. The van der Waals surface area contributed by atoms with Crippen LogP contribution in [0.15, 0.2) is 23.0 Å². The Morgan fingerprint density at radius 3 is 2.62 bits per heavy atom. The highest BCUT2D eigenvalue weighted by Gasteiger charge is 2.19. The van der Waals surface area contributed by atoms with Crippen molar-refractivity contribution in [1.82, 2.24) is 14.9 Å². The number of aromatic nitrogens is 2. The molecule has 0 saturated carbocycles. The van der Waals surface area contributed by atoms with E-state index in [1.165, 1.54) is 0 Å². The minimum atomic E-state index is -0.109. The Bertz CT molecular complexity index is 779. The maximum absolute atomic E-state index is 12.0. The van der Waals surface area contributed by atoms with Gasteiger partial charge in [0, 0.05) is 41.8 Å². The van der Waals surface area contributed by atoms with Gasteiger partial charge < -0.3 is 4.98 Å². The Morgan fingerprint density at radius 1 is 1.19 bits per heavy atom. The van der Waals surface area contributed by atoms with Crippen molar-refractivity contribution in [2.45, 2.75) is 19.5 Å². The van der Waals surface area contributed by atoms with E-state index < -0.39 is 0 Å². The van der Waals surface area contributed by atoms with Crippen LogP contribution in [0.25, 0.3) is 0 Å². The van der Waals surface area contributed by atoms with E-state index in [4.69, 9.17) is 35.4 Å². The third-order valence-corrected chi connectivity index (χ3v) is 4.16. The molecule has 0 fully saturated rings. The van der Waals surface area contributed by atoms with Gasteiger partial charge in [0.05, 0.1) is 5.56 Å². The van der Waals surface area contributed by atoms with Crippen LogP contribution in [0.3, 0.4) is 0 Å². The van der Waals surface area contributed by atoms with Gasteiger partial charge in [-0.15, -0.1) is 0 Å². The number of nitrogens with one attached hydrogen (secondary N) is 2.